The zero-order valence-corrected chi connectivity index (χ0v) is 8.10. The number of aromatic nitrogens is 2. The van der Waals surface area contributed by atoms with Crippen LogP contribution in [0.15, 0.2) is 18.5 Å². The van der Waals surface area contributed by atoms with Crippen LogP contribution >= 0.6 is 0 Å². The first-order valence-electron chi connectivity index (χ1n) is 4.86. The lowest BCUT2D eigenvalue weighted by Crippen LogP contribution is -1.98. The molecule has 2 aromatic heterocycles. The molecule has 15 heavy (non-hydrogen) atoms. The van der Waals surface area contributed by atoms with Crippen LogP contribution in [0.2, 0.25) is 0 Å². The summed E-state index contributed by atoms with van der Waals surface area (Å²) in [7, 11) is 0. The molecule has 4 heteroatoms. The van der Waals surface area contributed by atoms with E-state index in [1.807, 2.05) is 16.7 Å². The number of nitrogens with zero attached hydrogens (tertiary/aromatic N) is 3. The van der Waals surface area contributed by atoms with E-state index in [1.54, 1.807) is 6.20 Å². The fourth-order valence-corrected chi connectivity index (χ4v) is 2.04. The summed E-state index contributed by atoms with van der Waals surface area (Å²) in [4.78, 5) is 4.29. The van der Waals surface area contributed by atoms with E-state index in [-0.39, 0.29) is 0 Å². The molecule has 0 N–H and O–H groups in total. The molecular formula is C11H9N3O. The Bertz CT molecular complexity index is 565. The van der Waals surface area contributed by atoms with E-state index < -0.39 is 0 Å². The second-order valence-electron chi connectivity index (χ2n) is 3.56. The highest BCUT2D eigenvalue weighted by molar-refractivity contribution is 5.63. The standard InChI is InChI=1S/C11H9N3O/c12-6-9-5-8-1-4-15-7-10-11(8)14(9)3-2-13-10/h2-3,5H,1,4,7H2. The minimum Gasteiger partial charge on any atom is -0.375 e. The summed E-state index contributed by atoms with van der Waals surface area (Å²) in [5.41, 5.74) is 3.80. The van der Waals surface area contributed by atoms with Gasteiger partial charge in [0, 0.05) is 12.4 Å². The quantitative estimate of drug-likeness (QED) is 0.642. The van der Waals surface area contributed by atoms with Gasteiger partial charge in [0.15, 0.2) is 0 Å². The maximum Gasteiger partial charge on any atom is 0.125 e. The molecule has 1 aliphatic heterocycles. The van der Waals surface area contributed by atoms with Crippen LogP contribution in [0.5, 0.6) is 0 Å². The Balaban J connectivity index is 2.42. The van der Waals surface area contributed by atoms with Crippen molar-refractivity contribution in [2.45, 2.75) is 13.0 Å². The normalized spacial score (nSPS) is 14.9. The molecule has 0 fully saturated rings. The van der Waals surface area contributed by atoms with Gasteiger partial charge in [-0.2, -0.15) is 5.26 Å². The molecule has 74 valence electrons. The number of ether oxygens (including phenoxy) is 1. The zero-order chi connectivity index (χ0) is 10.3. The third-order valence-corrected chi connectivity index (χ3v) is 2.70. The first kappa shape index (κ1) is 8.45. The number of nitriles is 1. The summed E-state index contributed by atoms with van der Waals surface area (Å²) in [6, 6.07) is 4.12. The van der Waals surface area contributed by atoms with Crippen molar-refractivity contribution in [2.75, 3.05) is 6.61 Å². The van der Waals surface area contributed by atoms with Gasteiger partial charge in [-0.05, 0) is 18.1 Å². The van der Waals surface area contributed by atoms with Gasteiger partial charge in [0.25, 0.3) is 0 Å². The molecule has 0 unspecified atom stereocenters. The molecule has 0 saturated carbocycles. The van der Waals surface area contributed by atoms with Crippen molar-refractivity contribution in [3.8, 4) is 6.07 Å². The third-order valence-electron chi connectivity index (χ3n) is 2.70. The largest absolute Gasteiger partial charge is 0.375 e. The summed E-state index contributed by atoms with van der Waals surface area (Å²) in [5.74, 6) is 0. The van der Waals surface area contributed by atoms with Gasteiger partial charge in [-0.3, -0.25) is 4.98 Å². The molecule has 0 radical (unpaired) electrons. The Morgan fingerprint density at radius 1 is 1.53 bits per heavy atom. The van der Waals surface area contributed by atoms with E-state index in [4.69, 9.17) is 10.00 Å². The molecule has 3 rings (SSSR count). The predicted octanol–water partition coefficient (Wildman–Crippen LogP) is 1.28. The minimum absolute atomic E-state index is 0.534. The molecule has 4 nitrogen and oxygen atoms in total. The fourth-order valence-electron chi connectivity index (χ4n) is 2.04. The zero-order valence-electron chi connectivity index (χ0n) is 8.10. The topological polar surface area (TPSA) is 50.3 Å². The van der Waals surface area contributed by atoms with Gasteiger partial charge in [-0.1, -0.05) is 0 Å². The SMILES string of the molecule is N#Cc1cc2c3c(nccn13)COCC2. The smallest absolute Gasteiger partial charge is 0.125 e. The van der Waals surface area contributed by atoms with Gasteiger partial charge in [0.1, 0.15) is 11.8 Å². The van der Waals surface area contributed by atoms with E-state index in [1.165, 1.54) is 0 Å². The Kier molecular flexibility index (Phi) is 1.73. The van der Waals surface area contributed by atoms with Gasteiger partial charge < -0.3 is 9.14 Å². The van der Waals surface area contributed by atoms with Crippen molar-refractivity contribution in [3.63, 3.8) is 0 Å². The Morgan fingerprint density at radius 2 is 2.47 bits per heavy atom. The second-order valence-corrected chi connectivity index (χ2v) is 3.56. The molecule has 0 bridgehead atoms. The molecule has 0 amide bonds. The maximum atomic E-state index is 9.00. The summed E-state index contributed by atoms with van der Waals surface area (Å²) in [6.45, 7) is 1.23. The summed E-state index contributed by atoms with van der Waals surface area (Å²) in [5, 5.41) is 9.00. The van der Waals surface area contributed by atoms with Crippen LogP contribution in [0, 0.1) is 11.3 Å². The molecule has 3 heterocycles. The summed E-state index contributed by atoms with van der Waals surface area (Å²) in [6.07, 6.45) is 4.39. The average Bonchev–Trinajstić information content (AvgIpc) is 2.50. The Hall–Kier alpha value is -1.86. The van der Waals surface area contributed by atoms with Crippen LogP contribution in [-0.2, 0) is 17.8 Å². The first-order chi connectivity index (χ1) is 7.40. The van der Waals surface area contributed by atoms with E-state index in [0.29, 0.717) is 18.9 Å². The summed E-state index contributed by atoms with van der Waals surface area (Å²) < 4.78 is 7.34. The minimum atomic E-state index is 0.534. The van der Waals surface area contributed by atoms with Crippen molar-refractivity contribution in [3.05, 3.63) is 35.4 Å². The highest BCUT2D eigenvalue weighted by Gasteiger charge is 2.15. The van der Waals surface area contributed by atoms with Crippen LogP contribution in [0.25, 0.3) is 5.52 Å². The number of hydrogen-bond donors (Lipinski definition) is 0. The first-order valence-corrected chi connectivity index (χ1v) is 4.86. The van der Waals surface area contributed by atoms with Crippen molar-refractivity contribution in [2.24, 2.45) is 0 Å². The van der Waals surface area contributed by atoms with E-state index in [2.05, 4.69) is 11.1 Å². The van der Waals surface area contributed by atoms with Gasteiger partial charge >= 0.3 is 0 Å². The van der Waals surface area contributed by atoms with Crippen molar-refractivity contribution in [1.82, 2.24) is 9.38 Å². The van der Waals surface area contributed by atoms with Crippen LogP contribution in [-0.4, -0.2) is 16.0 Å². The molecule has 1 aliphatic rings. The Morgan fingerprint density at radius 3 is 3.33 bits per heavy atom. The Labute approximate surface area is 86.7 Å². The third kappa shape index (κ3) is 1.14. The van der Waals surface area contributed by atoms with Crippen molar-refractivity contribution < 1.29 is 4.74 Å². The van der Waals surface area contributed by atoms with E-state index in [0.717, 1.165) is 23.2 Å². The van der Waals surface area contributed by atoms with Crippen molar-refractivity contribution >= 4 is 5.52 Å². The molecule has 0 aromatic carbocycles. The summed E-state index contributed by atoms with van der Waals surface area (Å²) >= 11 is 0. The number of hydrogen-bond acceptors (Lipinski definition) is 3. The van der Waals surface area contributed by atoms with Gasteiger partial charge in [0.2, 0.25) is 0 Å². The lowest BCUT2D eigenvalue weighted by molar-refractivity contribution is 0.125. The van der Waals surface area contributed by atoms with Gasteiger partial charge in [0.05, 0.1) is 24.4 Å². The molecule has 0 aliphatic carbocycles. The van der Waals surface area contributed by atoms with E-state index >= 15 is 0 Å². The average molecular weight is 199 g/mol. The van der Waals surface area contributed by atoms with Gasteiger partial charge in [-0.25, -0.2) is 0 Å². The van der Waals surface area contributed by atoms with Crippen molar-refractivity contribution in [1.29, 1.82) is 5.26 Å². The maximum absolute atomic E-state index is 9.00. The second kappa shape index (κ2) is 3.07. The van der Waals surface area contributed by atoms with Crippen LogP contribution in [0.3, 0.4) is 0 Å². The number of rotatable bonds is 0. The lowest BCUT2D eigenvalue weighted by Gasteiger charge is -2.01. The molecule has 0 atom stereocenters. The van der Waals surface area contributed by atoms with Crippen LogP contribution < -0.4 is 0 Å². The van der Waals surface area contributed by atoms with Crippen LogP contribution in [0.4, 0.5) is 0 Å². The lowest BCUT2D eigenvalue weighted by atomic mass is 10.2. The van der Waals surface area contributed by atoms with Gasteiger partial charge in [-0.15, -0.1) is 0 Å². The predicted molar refractivity (Wildman–Crippen MR) is 53.3 cm³/mol. The highest BCUT2D eigenvalue weighted by atomic mass is 16.5. The molecule has 0 saturated heterocycles. The molecule has 0 spiro atoms. The molecular weight excluding hydrogens is 190 g/mol. The van der Waals surface area contributed by atoms with Crippen LogP contribution in [0.1, 0.15) is 17.0 Å². The molecule has 2 aromatic rings. The highest BCUT2D eigenvalue weighted by Crippen LogP contribution is 2.22. The monoisotopic (exact) mass is 199 g/mol. The van der Waals surface area contributed by atoms with E-state index in [9.17, 15) is 0 Å². The fraction of sp³-hybridized carbons (Fsp3) is 0.273.